The van der Waals surface area contributed by atoms with E-state index in [1.54, 1.807) is 31.1 Å². The highest BCUT2D eigenvalue weighted by atomic mass is 19.4. The molecule has 0 spiro atoms. The summed E-state index contributed by atoms with van der Waals surface area (Å²) in [6, 6.07) is 3.69. The van der Waals surface area contributed by atoms with Crippen LogP contribution in [0, 0.1) is 0 Å². The number of hydrogen-bond donors (Lipinski definition) is 1. The average Bonchev–Trinajstić information content (AvgIpc) is 2.68. The maximum Gasteiger partial charge on any atom is 0.433 e. The van der Waals surface area contributed by atoms with E-state index in [1.165, 1.54) is 17.3 Å². The van der Waals surface area contributed by atoms with Crippen LogP contribution < -0.4 is 10.2 Å². The number of aromatic nitrogens is 3. The summed E-state index contributed by atoms with van der Waals surface area (Å²) in [4.78, 5) is 27.0. The van der Waals surface area contributed by atoms with Crippen LogP contribution in [0.2, 0.25) is 0 Å². The second-order valence-electron chi connectivity index (χ2n) is 6.80. The van der Waals surface area contributed by atoms with Crippen molar-refractivity contribution in [3.8, 4) is 11.4 Å². The first-order valence-electron chi connectivity index (χ1n) is 8.83. The maximum absolute atomic E-state index is 13.4. The summed E-state index contributed by atoms with van der Waals surface area (Å²) in [7, 11) is 3.27. The fourth-order valence-corrected chi connectivity index (χ4v) is 2.98. The van der Waals surface area contributed by atoms with E-state index in [9.17, 15) is 18.0 Å². The minimum absolute atomic E-state index is 0.00771. The molecule has 0 aromatic carbocycles. The smallest absolute Gasteiger partial charge is 0.354 e. The first-order chi connectivity index (χ1) is 13.2. The Hall–Kier alpha value is -2.91. The van der Waals surface area contributed by atoms with Crippen LogP contribution in [-0.2, 0) is 6.18 Å². The number of pyridine rings is 1. The highest BCUT2D eigenvalue weighted by Gasteiger charge is 2.35. The van der Waals surface area contributed by atoms with Gasteiger partial charge in [-0.1, -0.05) is 0 Å². The van der Waals surface area contributed by atoms with Crippen LogP contribution in [0.5, 0.6) is 0 Å². The van der Waals surface area contributed by atoms with Crippen molar-refractivity contribution in [1.82, 2.24) is 25.2 Å². The molecule has 10 heteroatoms. The molecule has 1 aliphatic rings. The van der Waals surface area contributed by atoms with E-state index in [2.05, 4.69) is 20.3 Å². The zero-order valence-corrected chi connectivity index (χ0v) is 15.6. The largest absolute Gasteiger partial charge is 0.433 e. The number of amides is 2. The van der Waals surface area contributed by atoms with Crippen LogP contribution in [0.3, 0.4) is 0 Å². The van der Waals surface area contributed by atoms with Gasteiger partial charge in [0.2, 0.25) is 0 Å². The molecular formula is C18H21F3N6O. The Morgan fingerprint density at radius 3 is 2.61 bits per heavy atom. The number of carbonyl (C=O) groups is 1. The predicted octanol–water partition coefficient (Wildman–Crippen LogP) is 2.80. The first kappa shape index (κ1) is 19.8. The molecule has 0 saturated carbocycles. The number of halogens is 3. The second-order valence-corrected chi connectivity index (χ2v) is 6.80. The molecule has 150 valence electrons. The number of nitrogens with zero attached hydrogens (tertiary/aromatic N) is 5. The lowest BCUT2D eigenvalue weighted by molar-refractivity contribution is -0.141. The second kappa shape index (κ2) is 7.99. The molecule has 0 bridgehead atoms. The topological polar surface area (TPSA) is 74.2 Å². The quantitative estimate of drug-likeness (QED) is 0.867. The molecule has 2 amide bonds. The molecule has 2 aromatic heterocycles. The number of carbonyl (C=O) groups excluding carboxylic acids is 1. The van der Waals surface area contributed by atoms with Crippen molar-refractivity contribution in [2.24, 2.45) is 0 Å². The van der Waals surface area contributed by atoms with Crippen LogP contribution in [0.4, 0.5) is 23.8 Å². The van der Waals surface area contributed by atoms with Crippen LogP contribution in [-0.4, -0.2) is 59.1 Å². The highest BCUT2D eigenvalue weighted by Crippen LogP contribution is 2.32. The van der Waals surface area contributed by atoms with Gasteiger partial charge < -0.3 is 15.1 Å². The molecule has 1 aliphatic heterocycles. The van der Waals surface area contributed by atoms with Crippen LogP contribution in [0.25, 0.3) is 11.4 Å². The Labute approximate surface area is 160 Å². The molecule has 7 nitrogen and oxygen atoms in total. The van der Waals surface area contributed by atoms with Gasteiger partial charge in [0.1, 0.15) is 5.82 Å². The van der Waals surface area contributed by atoms with E-state index in [1.807, 2.05) is 0 Å². The summed E-state index contributed by atoms with van der Waals surface area (Å²) < 4.78 is 40.2. The van der Waals surface area contributed by atoms with Gasteiger partial charge in [-0.3, -0.25) is 4.98 Å². The lowest BCUT2D eigenvalue weighted by Gasteiger charge is -2.34. The van der Waals surface area contributed by atoms with Crippen LogP contribution in [0.1, 0.15) is 18.5 Å². The van der Waals surface area contributed by atoms with Crippen molar-refractivity contribution in [1.29, 1.82) is 0 Å². The summed E-state index contributed by atoms with van der Waals surface area (Å²) in [5.74, 6) is 0.185. The van der Waals surface area contributed by atoms with Crippen molar-refractivity contribution in [2.75, 3.05) is 32.1 Å². The van der Waals surface area contributed by atoms with E-state index >= 15 is 0 Å². The number of nitrogens with one attached hydrogen (secondary N) is 1. The molecular weight excluding hydrogens is 373 g/mol. The van der Waals surface area contributed by atoms with Gasteiger partial charge in [0, 0.05) is 57.3 Å². The highest BCUT2D eigenvalue weighted by molar-refractivity contribution is 5.74. The standard InChI is InChI=1S/C18H21F3N6O/c1-26(2)17(28)23-13-4-3-9-27(11-13)15-10-14(18(19,20)21)24-16(25-15)12-5-7-22-8-6-12/h5-8,10,13H,3-4,9,11H2,1-2H3,(H,23,28). The molecule has 1 fully saturated rings. The van der Waals surface area contributed by atoms with Gasteiger partial charge in [0.05, 0.1) is 0 Å². The summed E-state index contributed by atoms with van der Waals surface area (Å²) in [6.07, 6.45) is -0.148. The van der Waals surface area contributed by atoms with E-state index in [-0.39, 0.29) is 23.7 Å². The number of hydrogen-bond acceptors (Lipinski definition) is 5. The number of piperidine rings is 1. The number of alkyl halides is 3. The molecule has 1 N–H and O–H groups in total. The van der Waals surface area contributed by atoms with Crippen LogP contribution >= 0.6 is 0 Å². The zero-order chi connectivity index (χ0) is 20.3. The molecule has 3 heterocycles. The van der Waals surface area contributed by atoms with Gasteiger partial charge in [-0.05, 0) is 25.0 Å². The molecule has 1 atom stereocenters. The van der Waals surface area contributed by atoms with Gasteiger partial charge in [0.25, 0.3) is 0 Å². The monoisotopic (exact) mass is 394 g/mol. The molecule has 1 unspecified atom stereocenters. The zero-order valence-electron chi connectivity index (χ0n) is 15.6. The lowest BCUT2D eigenvalue weighted by Crippen LogP contribution is -2.50. The lowest BCUT2D eigenvalue weighted by atomic mass is 10.1. The van der Waals surface area contributed by atoms with E-state index in [0.29, 0.717) is 18.7 Å². The third kappa shape index (κ3) is 4.68. The Morgan fingerprint density at radius 1 is 1.25 bits per heavy atom. The molecule has 1 saturated heterocycles. The number of urea groups is 1. The number of rotatable bonds is 3. The third-order valence-electron chi connectivity index (χ3n) is 4.42. The molecule has 3 rings (SSSR count). The maximum atomic E-state index is 13.4. The van der Waals surface area contributed by atoms with Gasteiger partial charge in [-0.15, -0.1) is 0 Å². The normalized spacial score (nSPS) is 17.3. The third-order valence-corrected chi connectivity index (χ3v) is 4.42. The fourth-order valence-electron chi connectivity index (χ4n) is 2.98. The predicted molar refractivity (Wildman–Crippen MR) is 97.7 cm³/mol. The summed E-state index contributed by atoms with van der Waals surface area (Å²) in [6.45, 7) is 0.933. The van der Waals surface area contributed by atoms with Gasteiger partial charge in [-0.2, -0.15) is 13.2 Å². The van der Waals surface area contributed by atoms with E-state index in [4.69, 9.17) is 0 Å². The SMILES string of the molecule is CN(C)C(=O)NC1CCCN(c2cc(C(F)(F)F)nc(-c3ccncc3)n2)C1. The minimum atomic E-state index is -4.59. The van der Waals surface area contributed by atoms with Crippen molar-refractivity contribution >= 4 is 11.8 Å². The van der Waals surface area contributed by atoms with Gasteiger partial charge in [0.15, 0.2) is 11.5 Å². The molecule has 0 radical (unpaired) electrons. The number of anilines is 1. The Bertz CT molecular complexity index is 828. The first-order valence-corrected chi connectivity index (χ1v) is 8.83. The Morgan fingerprint density at radius 2 is 1.96 bits per heavy atom. The average molecular weight is 394 g/mol. The van der Waals surface area contributed by atoms with Crippen molar-refractivity contribution in [2.45, 2.75) is 25.1 Å². The van der Waals surface area contributed by atoms with Crippen molar-refractivity contribution in [3.05, 3.63) is 36.3 Å². The summed E-state index contributed by atoms with van der Waals surface area (Å²) in [5, 5.41) is 2.88. The van der Waals surface area contributed by atoms with Crippen molar-refractivity contribution < 1.29 is 18.0 Å². The summed E-state index contributed by atoms with van der Waals surface area (Å²) in [5.41, 5.74) is -0.541. The minimum Gasteiger partial charge on any atom is -0.354 e. The van der Waals surface area contributed by atoms with Crippen LogP contribution in [0.15, 0.2) is 30.6 Å². The van der Waals surface area contributed by atoms with E-state index < -0.39 is 11.9 Å². The molecule has 0 aliphatic carbocycles. The van der Waals surface area contributed by atoms with Gasteiger partial charge >= 0.3 is 12.2 Å². The fraction of sp³-hybridized carbons (Fsp3) is 0.444. The Balaban J connectivity index is 1.91. The molecule has 2 aromatic rings. The van der Waals surface area contributed by atoms with E-state index in [0.717, 1.165) is 18.9 Å². The molecule has 28 heavy (non-hydrogen) atoms. The van der Waals surface area contributed by atoms with Crippen molar-refractivity contribution in [3.63, 3.8) is 0 Å². The summed E-state index contributed by atoms with van der Waals surface area (Å²) >= 11 is 0. The van der Waals surface area contributed by atoms with Gasteiger partial charge in [-0.25, -0.2) is 14.8 Å². The Kier molecular flexibility index (Phi) is 5.66.